The number of aryl methyl sites for hydroxylation is 2. The molecule has 0 saturated heterocycles. The van der Waals surface area contributed by atoms with E-state index in [1.165, 1.54) is 11.4 Å². The number of aromatic nitrogens is 2. The van der Waals surface area contributed by atoms with Crippen LogP contribution in [0.3, 0.4) is 0 Å². The molecule has 7 nitrogen and oxygen atoms in total. The standard InChI is InChI=1S/C10H20N4O3S/c1-8-10(9(2)13-12-8)18(15,16)14(5-4-11)6-7-17-3/h4-7,11H2,1-3H3,(H,12,13). The summed E-state index contributed by atoms with van der Waals surface area (Å²) in [4.78, 5) is 0.229. The molecule has 18 heavy (non-hydrogen) atoms. The van der Waals surface area contributed by atoms with Gasteiger partial charge < -0.3 is 10.5 Å². The van der Waals surface area contributed by atoms with Crippen LogP contribution in [0.4, 0.5) is 0 Å². The van der Waals surface area contributed by atoms with E-state index in [1.54, 1.807) is 13.8 Å². The molecule has 0 fully saturated rings. The highest BCUT2D eigenvalue weighted by Gasteiger charge is 2.28. The van der Waals surface area contributed by atoms with E-state index in [9.17, 15) is 8.42 Å². The van der Waals surface area contributed by atoms with Crippen LogP contribution in [0.25, 0.3) is 0 Å². The summed E-state index contributed by atoms with van der Waals surface area (Å²) in [7, 11) is -2.04. The molecule has 3 N–H and O–H groups in total. The third kappa shape index (κ3) is 3.08. The van der Waals surface area contributed by atoms with Crippen molar-refractivity contribution in [3.05, 3.63) is 11.4 Å². The van der Waals surface area contributed by atoms with Gasteiger partial charge in [0.25, 0.3) is 0 Å². The fourth-order valence-corrected chi connectivity index (χ4v) is 3.51. The quantitative estimate of drug-likeness (QED) is 0.707. The number of H-pyrrole nitrogens is 1. The van der Waals surface area contributed by atoms with Gasteiger partial charge in [0.1, 0.15) is 4.90 Å². The Kier molecular flexibility index (Phi) is 5.27. The Hall–Kier alpha value is -0.960. The summed E-state index contributed by atoms with van der Waals surface area (Å²) in [6.07, 6.45) is 0. The minimum atomic E-state index is -3.57. The maximum absolute atomic E-state index is 12.5. The first-order chi connectivity index (χ1) is 8.45. The van der Waals surface area contributed by atoms with Gasteiger partial charge in [0.05, 0.1) is 18.0 Å². The largest absolute Gasteiger partial charge is 0.383 e. The van der Waals surface area contributed by atoms with Crippen LogP contribution < -0.4 is 5.73 Å². The van der Waals surface area contributed by atoms with Crippen molar-refractivity contribution in [2.45, 2.75) is 18.7 Å². The molecule has 0 atom stereocenters. The SMILES string of the molecule is COCCN(CCN)S(=O)(=O)c1c(C)n[nH]c1C. The molecule has 0 aliphatic rings. The highest BCUT2D eigenvalue weighted by molar-refractivity contribution is 7.89. The molecular weight excluding hydrogens is 256 g/mol. The van der Waals surface area contributed by atoms with E-state index in [-0.39, 0.29) is 24.5 Å². The van der Waals surface area contributed by atoms with Gasteiger partial charge in [-0.1, -0.05) is 0 Å². The van der Waals surface area contributed by atoms with E-state index >= 15 is 0 Å². The fraction of sp³-hybridized carbons (Fsp3) is 0.700. The molecule has 0 aliphatic carbocycles. The Labute approximate surface area is 107 Å². The zero-order chi connectivity index (χ0) is 13.8. The normalized spacial score (nSPS) is 12.3. The average molecular weight is 276 g/mol. The van der Waals surface area contributed by atoms with Gasteiger partial charge >= 0.3 is 0 Å². The highest BCUT2D eigenvalue weighted by atomic mass is 32.2. The number of aromatic amines is 1. The summed E-state index contributed by atoms with van der Waals surface area (Å²) in [5.74, 6) is 0. The van der Waals surface area contributed by atoms with Gasteiger partial charge in [-0.15, -0.1) is 0 Å². The van der Waals surface area contributed by atoms with Gasteiger partial charge in [0, 0.05) is 26.7 Å². The first kappa shape index (κ1) is 15.1. The van der Waals surface area contributed by atoms with Crippen LogP contribution in [0, 0.1) is 13.8 Å². The Morgan fingerprint density at radius 3 is 2.50 bits per heavy atom. The molecule has 1 aromatic rings. The number of rotatable bonds is 7. The molecule has 0 saturated carbocycles. The Morgan fingerprint density at radius 2 is 2.06 bits per heavy atom. The van der Waals surface area contributed by atoms with Crippen LogP contribution in [0.5, 0.6) is 0 Å². The first-order valence-electron chi connectivity index (χ1n) is 5.65. The second-order valence-electron chi connectivity index (χ2n) is 3.95. The number of ether oxygens (including phenoxy) is 1. The molecule has 1 aromatic heterocycles. The lowest BCUT2D eigenvalue weighted by atomic mass is 10.4. The Bertz CT molecular complexity index is 464. The molecule has 0 unspecified atom stereocenters. The first-order valence-corrected chi connectivity index (χ1v) is 7.09. The molecule has 0 bridgehead atoms. The summed E-state index contributed by atoms with van der Waals surface area (Å²) < 4.78 is 31.2. The van der Waals surface area contributed by atoms with Crippen molar-refractivity contribution in [3.8, 4) is 0 Å². The number of sulfonamides is 1. The predicted molar refractivity (Wildman–Crippen MR) is 67.8 cm³/mol. The number of nitrogens with two attached hydrogens (primary N) is 1. The maximum atomic E-state index is 12.5. The third-order valence-electron chi connectivity index (χ3n) is 2.58. The van der Waals surface area contributed by atoms with Crippen molar-refractivity contribution in [1.29, 1.82) is 0 Å². The second kappa shape index (κ2) is 6.28. The molecule has 104 valence electrons. The average Bonchev–Trinajstić information content (AvgIpc) is 2.64. The summed E-state index contributed by atoms with van der Waals surface area (Å²) in [5.41, 5.74) is 6.46. The lowest BCUT2D eigenvalue weighted by molar-refractivity contribution is 0.179. The van der Waals surface area contributed by atoms with Crippen molar-refractivity contribution in [2.24, 2.45) is 5.73 Å². The number of methoxy groups -OCH3 is 1. The molecule has 1 rings (SSSR count). The number of hydrogen-bond acceptors (Lipinski definition) is 5. The molecule has 0 spiro atoms. The lowest BCUT2D eigenvalue weighted by Gasteiger charge is -2.21. The smallest absolute Gasteiger partial charge is 0.246 e. The topological polar surface area (TPSA) is 101 Å². The van der Waals surface area contributed by atoms with Crippen LogP contribution in [0.2, 0.25) is 0 Å². The van der Waals surface area contributed by atoms with Gasteiger partial charge in [-0.25, -0.2) is 8.42 Å². The van der Waals surface area contributed by atoms with Crippen LogP contribution in [0.1, 0.15) is 11.4 Å². The molecule has 0 amide bonds. The predicted octanol–water partition coefficient (Wildman–Crippen LogP) is -0.378. The highest BCUT2D eigenvalue weighted by Crippen LogP contribution is 2.21. The third-order valence-corrected chi connectivity index (χ3v) is 4.74. The van der Waals surface area contributed by atoms with Crippen LogP contribution in [-0.2, 0) is 14.8 Å². The Morgan fingerprint density at radius 1 is 1.39 bits per heavy atom. The molecule has 0 aliphatic heterocycles. The Balaban J connectivity index is 3.09. The van der Waals surface area contributed by atoms with E-state index in [0.717, 1.165) is 0 Å². The summed E-state index contributed by atoms with van der Waals surface area (Å²) in [6.45, 7) is 4.47. The zero-order valence-electron chi connectivity index (χ0n) is 10.9. The van der Waals surface area contributed by atoms with Crippen molar-refractivity contribution in [1.82, 2.24) is 14.5 Å². The van der Waals surface area contributed by atoms with Crippen LogP contribution >= 0.6 is 0 Å². The maximum Gasteiger partial charge on any atom is 0.246 e. The van der Waals surface area contributed by atoms with Crippen molar-refractivity contribution in [3.63, 3.8) is 0 Å². The van der Waals surface area contributed by atoms with Crippen molar-refractivity contribution < 1.29 is 13.2 Å². The van der Waals surface area contributed by atoms with Gasteiger partial charge in [-0.2, -0.15) is 9.40 Å². The minimum Gasteiger partial charge on any atom is -0.383 e. The molecular formula is C10H20N4O3S. The van der Waals surface area contributed by atoms with E-state index < -0.39 is 10.0 Å². The van der Waals surface area contributed by atoms with Gasteiger partial charge in [0.15, 0.2) is 0 Å². The molecule has 1 heterocycles. The summed E-state index contributed by atoms with van der Waals surface area (Å²) in [6, 6.07) is 0. The van der Waals surface area contributed by atoms with E-state index in [0.29, 0.717) is 18.0 Å². The lowest BCUT2D eigenvalue weighted by Crippen LogP contribution is -2.38. The number of nitrogens with zero attached hydrogens (tertiary/aromatic N) is 2. The minimum absolute atomic E-state index is 0.229. The zero-order valence-corrected chi connectivity index (χ0v) is 11.7. The molecule has 8 heteroatoms. The summed E-state index contributed by atoms with van der Waals surface area (Å²) in [5, 5.41) is 6.59. The van der Waals surface area contributed by atoms with Gasteiger partial charge in [-0.3, -0.25) is 5.10 Å². The van der Waals surface area contributed by atoms with Gasteiger partial charge in [0.2, 0.25) is 10.0 Å². The monoisotopic (exact) mass is 276 g/mol. The number of nitrogens with one attached hydrogen (secondary N) is 1. The van der Waals surface area contributed by atoms with Crippen LogP contribution in [-0.4, -0.2) is 56.3 Å². The fourth-order valence-electron chi connectivity index (χ4n) is 1.74. The van der Waals surface area contributed by atoms with E-state index in [1.807, 2.05) is 0 Å². The molecule has 0 aromatic carbocycles. The number of hydrogen-bond donors (Lipinski definition) is 2. The second-order valence-corrected chi connectivity index (χ2v) is 5.82. The van der Waals surface area contributed by atoms with Crippen molar-refractivity contribution >= 4 is 10.0 Å². The summed E-state index contributed by atoms with van der Waals surface area (Å²) >= 11 is 0. The van der Waals surface area contributed by atoms with E-state index in [2.05, 4.69) is 10.2 Å². The van der Waals surface area contributed by atoms with Crippen molar-refractivity contribution in [2.75, 3.05) is 33.4 Å². The van der Waals surface area contributed by atoms with Crippen LogP contribution in [0.15, 0.2) is 4.90 Å². The van der Waals surface area contributed by atoms with Gasteiger partial charge in [-0.05, 0) is 13.8 Å². The van der Waals surface area contributed by atoms with E-state index in [4.69, 9.17) is 10.5 Å². The molecule has 0 radical (unpaired) electrons.